The summed E-state index contributed by atoms with van der Waals surface area (Å²) in [5, 5.41) is 0. The number of pyridine rings is 1. The lowest BCUT2D eigenvalue weighted by atomic mass is 10.1. The van der Waals surface area contributed by atoms with Gasteiger partial charge in [-0.2, -0.15) is 0 Å². The largest absolute Gasteiger partial charge is 0.371 e. The van der Waals surface area contributed by atoms with Crippen LogP contribution in [0.1, 0.15) is 48.8 Å². The first kappa shape index (κ1) is 12.6. The number of carbonyl (C=O) groups is 1. The van der Waals surface area contributed by atoms with Crippen LogP contribution in [0, 0.1) is 0 Å². The Morgan fingerprint density at radius 1 is 1.32 bits per heavy atom. The van der Waals surface area contributed by atoms with E-state index in [-0.39, 0.29) is 18.1 Å². The molecular formula is C15H20N2O2. The number of rotatable bonds is 2. The van der Waals surface area contributed by atoms with Gasteiger partial charge in [-0.05, 0) is 30.9 Å². The summed E-state index contributed by atoms with van der Waals surface area (Å²) in [6, 6.07) is 5.71. The molecule has 3 heterocycles. The zero-order valence-corrected chi connectivity index (χ0v) is 11.5. The first-order chi connectivity index (χ1) is 9.13. The number of hydrogen-bond acceptors (Lipinski definition) is 3. The van der Waals surface area contributed by atoms with Crippen LogP contribution in [-0.4, -0.2) is 41.1 Å². The zero-order valence-electron chi connectivity index (χ0n) is 11.5. The molecule has 2 bridgehead atoms. The minimum atomic E-state index is 0.0442. The number of aromatic nitrogens is 1. The van der Waals surface area contributed by atoms with Crippen LogP contribution < -0.4 is 0 Å². The van der Waals surface area contributed by atoms with Crippen LogP contribution in [0.15, 0.2) is 18.2 Å². The topological polar surface area (TPSA) is 42.4 Å². The molecular weight excluding hydrogens is 240 g/mol. The van der Waals surface area contributed by atoms with Gasteiger partial charge in [0, 0.05) is 18.8 Å². The third-order valence-corrected chi connectivity index (χ3v) is 3.91. The van der Waals surface area contributed by atoms with Crippen molar-refractivity contribution in [3.8, 4) is 0 Å². The fourth-order valence-electron chi connectivity index (χ4n) is 2.83. The predicted molar refractivity (Wildman–Crippen MR) is 72.1 cm³/mol. The lowest BCUT2D eigenvalue weighted by Crippen LogP contribution is -2.46. The Kier molecular flexibility index (Phi) is 3.27. The summed E-state index contributed by atoms with van der Waals surface area (Å²) >= 11 is 0. The van der Waals surface area contributed by atoms with E-state index < -0.39 is 0 Å². The Morgan fingerprint density at radius 2 is 2.00 bits per heavy atom. The van der Waals surface area contributed by atoms with E-state index in [1.54, 1.807) is 0 Å². The third-order valence-electron chi connectivity index (χ3n) is 3.91. The van der Waals surface area contributed by atoms with Crippen molar-refractivity contribution in [1.82, 2.24) is 9.88 Å². The fourth-order valence-corrected chi connectivity index (χ4v) is 2.83. The van der Waals surface area contributed by atoms with Crippen molar-refractivity contribution in [3.05, 3.63) is 29.6 Å². The number of morpholine rings is 1. The molecule has 1 aromatic rings. The highest BCUT2D eigenvalue weighted by Crippen LogP contribution is 2.27. The molecule has 0 spiro atoms. The van der Waals surface area contributed by atoms with Gasteiger partial charge in [-0.3, -0.25) is 4.79 Å². The Labute approximate surface area is 113 Å². The van der Waals surface area contributed by atoms with E-state index in [2.05, 4.69) is 18.8 Å². The smallest absolute Gasteiger partial charge is 0.272 e. The van der Waals surface area contributed by atoms with Gasteiger partial charge in [0.2, 0.25) is 0 Å². The van der Waals surface area contributed by atoms with Gasteiger partial charge in [-0.1, -0.05) is 19.9 Å². The lowest BCUT2D eigenvalue weighted by molar-refractivity contribution is -0.0305. The quantitative estimate of drug-likeness (QED) is 0.818. The highest BCUT2D eigenvalue weighted by molar-refractivity contribution is 5.92. The summed E-state index contributed by atoms with van der Waals surface area (Å²) in [5.41, 5.74) is 1.54. The molecule has 2 aliphatic heterocycles. The monoisotopic (exact) mass is 260 g/mol. The van der Waals surface area contributed by atoms with E-state index in [0.717, 1.165) is 18.5 Å². The first-order valence-corrected chi connectivity index (χ1v) is 7.05. The maximum absolute atomic E-state index is 12.5. The van der Waals surface area contributed by atoms with Crippen LogP contribution >= 0.6 is 0 Å². The molecule has 2 atom stereocenters. The summed E-state index contributed by atoms with van der Waals surface area (Å²) in [4.78, 5) is 18.9. The zero-order chi connectivity index (χ0) is 13.4. The highest BCUT2D eigenvalue weighted by Gasteiger charge is 2.36. The second-order valence-corrected chi connectivity index (χ2v) is 5.77. The van der Waals surface area contributed by atoms with Crippen molar-refractivity contribution >= 4 is 5.91 Å². The number of amides is 1. The van der Waals surface area contributed by atoms with E-state index in [9.17, 15) is 4.79 Å². The Hall–Kier alpha value is -1.42. The van der Waals surface area contributed by atoms with Crippen LogP contribution in [-0.2, 0) is 4.74 Å². The molecule has 0 aromatic carbocycles. The molecule has 3 rings (SSSR count). The van der Waals surface area contributed by atoms with Crippen LogP contribution in [0.25, 0.3) is 0 Å². The number of hydrogen-bond donors (Lipinski definition) is 0. The van der Waals surface area contributed by atoms with Crippen LogP contribution in [0.4, 0.5) is 0 Å². The SMILES string of the molecule is CC(C)c1cccc(C(=O)N2CC3CCC(C2)O3)n1. The predicted octanol–water partition coefficient (Wildman–Crippen LogP) is 2.21. The number of carbonyl (C=O) groups excluding carboxylic acids is 1. The minimum Gasteiger partial charge on any atom is -0.371 e. The van der Waals surface area contributed by atoms with Gasteiger partial charge in [0.1, 0.15) is 5.69 Å². The second kappa shape index (κ2) is 4.93. The van der Waals surface area contributed by atoms with Crippen LogP contribution in [0.3, 0.4) is 0 Å². The van der Waals surface area contributed by atoms with Gasteiger partial charge in [-0.25, -0.2) is 4.98 Å². The summed E-state index contributed by atoms with van der Waals surface area (Å²) in [7, 11) is 0. The first-order valence-electron chi connectivity index (χ1n) is 7.05. The summed E-state index contributed by atoms with van der Waals surface area (Å²) in [6.45, 7) is 5.60. The van der Waals surface area contributed by atoms with E-state index in [1.165, 1.54) is 0 Å². The fraction of sp³-hybridized carbons (Fsp3) is 0.600. The van der Waals surface area contributed by atoms with Crippen molar-refractivity contribution in [1.29, 1.82) is 0 Å². The second-order valence-electron chi connectivity index (χ2n) is 5.77. The van der Waals surface area contributed by atoms with Crippen molar-refractivity contribution in [3.63, 3.8) is 0 Å². The molecule has 0 aliphatic carbocycles. The molecule has 19 heavy (non-hydrogen) atoms. The van der Waals surface area contributed by atoms with Crippen molar-refractivity contribution in [2.75, 3.05) is 13.1 Å². The Morgan fingerprint density at radius 3 is 2.63 bits per heavy atom. The molecule has 0 radical (unpaired) electrons. The molecule has 2 fully saturated rings. The van der Waals surface area contributed by atoms with Gasteiger partial charge in [0.25, 0.3) is 5.91 Å². The molecule has 0 saturated carbocycles. The highest BCUT2D eigenvalue weighted by atomic mass is 16.5. The van der Waals surface area contributed by atoms with E-state index >= 15 is 0 Å². The average molecular weight is 260 g/mol. The normalized spacial score (nSPS) is 25.9. The number of fused-ring (bicyclic) bond motifs is 2. The number of ether oxygens (including phenoxy) is 1. The number of likely N-dealkylation sites (tertiary alicyclic amines) is 1. The lowest BCUT2D eigenvalue weighted by Gasteiger charge is -2.32. The van der Waals surface area contributed by atoms with Gasteiger partial charge in [-0.15, -0.1) is 0 Å². The standard InChI is InChI=1S/C15H20N2O2/c1-10(2)13-4-3-5-14(16-13)15(18)17-8-11-6-7-12(9-17)19-11/h3-5,10-12H,6-9H2,1-2H3. The van der Waals surface area contributed by atoms with Gasteiger partial charge in [0.05, 0.1) is 12.2 Å². The summed E-state index contributed by atoms with van der Waals surface area (Å²) in [6.07, 6.45) is 2.62. The molecule has 1 amide bonds. The molecule has 1 aromatic heterocycles. The van der Waals surface area contributed by atoms with E-state index in [4.69, 9.17) is 4.74 Å². The Balaban J connectivity index is 1.78. The third kappa shape index (κ3) is 2.50. The molecule has 2 aliphatic rings. The van der Waals surface area contributed by atoms with Crippen LogP contribution in [0.5, 0.6) is 0 Å². The summed E-state index contributed by atoms with van der Waals surface area (Å²) < 4.78 is 5.76. The van der Waals surface area contributed by atoms with Crippen molar-refractivity contribution < 1.29 is 9.53 Å². The molecule has 4 heteroatoms. The maximum atomic E-state index is 12.5. The van der Waals surface area contributed by atoms with Crippen molar-refractivity contribution in [2.45, 2.75) is 44.8 Å². The van der Waals surface area contributed by atoms with E-state index in [0.29, 0.717) is 24.7 Å². The van der Waals surface area contributed by atoms with Gasteiger partial charge >= 0.3 is 0 Å². The Bertz CT molecular complexity index is 475. The average Bonchev–Trinajstić information content (AvgIpc) is 2.76. The van der Waals surface area contributed by atoms with Gasteiger partial charge in [0.15, 0.2) is 0 Å². The molecule has 0 N–H and O–H groups in total. The minimum absolute atomic E-state index is 0.0442. The van der Waals surface area contributed by atoms with Crippen LogP contribution in [0.2, 0.25) is 0 Å². The van der Waals surface area contributed by atoms with Gasteiger partial charge < -0.3 is 9.64 Å². The number of nitrogens with zero attached hydrogens (tertiary/aromatic N) is 2. The molecule has 4 nitrogen and oxygen atoms in total. The molecule has 102 valence electrons. The molecule has 2 saturated heterocycles. The van der Waals surface area contributed by atoms with Crippen molar-refractivity contribution in [2.24, 2.45) is 0 Å². The molecule has 2 unspecified atom stereocenters. The summed E-state index contributed by atoms with van der Waals surface area (Å²) in [5.74, 6) is 0.385. The van der Waals surface area contributed by atoms with E-state index in [1.807, 2.05) is 23.1 Å². The maximum Gasteiger partial charge on any atom is 0.272 e.